The van der Waals surface area contributed by atoms with Gasteiger partial charge in [-0.3, -0.25) is 4.79 Å². The smallest absolute Gasteiger partial charge is 0.258 e. The van der Waals surface area contributed by atoms with Crippen molar-refractivity contribution in [1.29, 1.82) is 0 Å². The van der Waals surface area contributed by atoms with Gasteiger partial charge >= 0.3 is 0 Å². The zero-order chi connectivity index (χ0) is 18.1. The topological polar surface area (TPSA) is 67.2 Å². The van der Waals surface area contributed by atoms with Gasteiger partial charge in [0.1, 0.15) is 0 Å². The number of aryl methyl sites for hydroxylation is 1. The number of anilines is 3. The molecule has 4 heteroatoms. The van der Waals surface area contributed by atoms with Crippen molar-refractivity contribution in [3.05, 3.63) is 89.5 Å². The first-order valence-electron chi connectivity index (χ1n) is 8.46. The van der Waals surface area contributed by atoms with Crippen LogP contribution in [0.5, 0.6) is 0 Å². The predicted octanol–water partition coefficient (Wildman–Crippen LogP) is 4.51. The molecule has 0 radical (unpaired) electrons. The molecule has 128 valence electrons. The highest BCUT2D eigenvalue weighted by atomic mass is 16.2. The van der Waals surface area contributed by atoms with E-state index in [0.29, 0.717) is 11.3 Å². The highest BCUT2D eigenvalue weighted by molar-refractivity contribution is 6.37. The van der Waals surface area contributed by atoms with Crippen LogP contribution in [0.4, 0.5) is 17.1 Å². The van der Waals surface area contributed by atoms with Crippen LogP contribution in [-0.4, -0.2) is 5.91 Å². The fourth-order valence-corrected chi connectivity index (χ4v) is 3.10. The Balaban J connectivity index is 1.89. The Morgan fingerprint density at radius 3 is 2.42 bits per heavy atom. The molecule has 4 nitrogen and oxygen atoms in total. The molecule has 0 saturated heterocycles. The summed E-state index contributed by atoms with van der Waals surface area (Å²) in [5.74, 6) is -0.135. The number of nitrogens with one attached hydrogen (secondary N) is 2. The second-order valence-electron chi connectivity index (χ2n) is 6.37. The number of nitrogen functional groups attached to an aromatic ring is 1. The van der Waals surface area contributed by atoms with Crippen LogP contribution in [0.25, 0.3) is 11.3 Å². The highest BCUT2D eigenvalue weighted by Gasteiger charge is 2.28. The maximum atomic E-state index is 12.8. The lowest BCUT2D eigenvalue weighted by atomic mass is 9.99. The minimum atomic E-state index is -0.135. The van der Waals surface area contributed by atoms with Crippen LogP contribution in [-0.2, 0) is 4.79 Å². The normalized spacial score (nSPS) is 14.6. The second kappa shape index (κ2) is 6.41. The van der Waals surface area contributed by atoms with Gasteiger partial charge in [0.2, 0.25) is 0 Å². The Bertz CT molecular complexity index is 1010. The molecule has 3 aromatic rings. The summed E-state index contributed by atoms with van der Waals surface area (Å²) in [5.41, 5.74) is 12.5. The fraction of sp³-hybridized carbons (Fsp3) is 0.0455. The summed E-state index contributed by atoms with van der Waals surface area (Å²) in [7, 11) is 0. The Morgan fingerprint density at radius 2 is 1.69 bits per heavy atom. The molecule has 0 unspecified atom stereocenters. The van der Waals surface area contributed by atoms with Crippen molar-refractivity contribution in [1.82, 2.24) is 0 Å². The van der Waals surface area contributed by atoms with Crippen molar-refractivity contribution < 1.29 is 4.79 Å². The summed E-state index contributed by atoms with van der Waals surface area (Å²) in [6.07, 6.45) is 0. The van der Waals surface area contributed by atoms with E-state index in [-0.39, 0.29) is 5.91 Å². The molecular formula is C22H19N3O. The van der Waals surface area contributed by atoms with E-state index >= 15 is 0 Å². The average molecular weight is 341 g/mol. The monoisotopic (exact) mass is 341 g/mol. The van der Waals surface area contributed by atoms with Crippen LogP contribution in [0.3, 0.4) is 0 Å². The molecule has 26 heavy (non-hydrogen) atoms. The van der Waals surface area contributed by atoms with Gasteiger partial charge in [0.05, 0.1) is 17.0 Å². The molecule has 0 atom stereocenters. The molecule has 0 fully saturated rings. The van der Waals surface area contributed by atoms with E-state index in [1.807, 2.05) is 73.7 Å². The first-order chi connectivity index (χ1) is 12.6. The van der Waals surface area contributed by atoms with Gasteiger partial charge in [-0.1, -0.05) is 48.0 Å². The average Bonchev–Trinajstić information content (AvgIpc) is 2.97. The number of carbonyl (C=O) groups is 1. The third-order valence-electron chi connectivity index (χ3n) is 4.42. The number of amides is 1. The van der Waals surface area contributed by atoms with Crippen LogP contribution >= 0.6 is 0 Å². The van der Waals surface area contributed by atoms with Crippen LogP contribution in [0, 0.1) is 6.92 Å². The van der Waals surface area contributed by atoms with Gasteiger partial charge < -0.3 is 16.4 Å². The minimum absolute atomic E-state index is 0.135. The van der Waals surface area contributed by atoms with E-state index in [0.717, 1.165) is 28.2 Å². The second-order valence-corrected chi connectivity index (χ2v) is 6.37. The van der Waals surface area contributed by atoms with Gasteiger partial charge in [-0.25, -0.2) is 0 Å². The summed E-state index contributed by atoms with van der Waals surface area (Å²) < 4.78 is 0. The van der Waals surface area contributed by atoms with E-state index in [9.17, 15) is 4.79 Å². The molecule has 3 aromatic carbocycles. The van der Waals surface area contributed by atoms with E-state index < -0.39 is 0 Å². The van der Waals surface area contributed by atoms with Crippen molar-refractivity contribution in [2.24, 2.45) is 0 Å². The zero-order valence-electron chi connectivity index (χ0n) is 14.4. The number of hydrogen-bond donors (Lipinski definition) is 3. The van der Waals surface area contributed by atoms with Crippen molar-refractivity contribution >= 4 is 34.2 Å². The van der Waals surface area contributed by atoms with Gasteiger partial charge in [0.15, 0.2) is 0 Å². The third kappa shape index (κ3) is 2.93. The van der Waals surface area contributed by atoms with Crippen molar-refractivity contribution in [3.63, 3.8) is 0 Å². The molecular weight excluding hydrogens is 322 g/mol. The predicted molar refractivity (Wildman–Crippen MR) is 108 cm³/mol. The highest BCUT2D eigenvalue weighted by Crippen LogP contribution is 2.38. The maximum absolute atomic E-state index is 12.8. The van der Waals surface area contributed by atoms with Gasteiger partial charge in [-0.15, -0.1) is 0 Å². The van der Waals surface area contributed by atoms with Gasteiger partial charge in [-0.2, -0.15) is 0 Å². The molecule has 1 aliphatic rings. The van der Waals surface area contributed by atoms with E-state index in [2.05, 4.69) is 10.6 Å². The zero-order valence-corrected chi connectivity index (χ0v) is 14.4. The van der Waals surface area contributed by atoms with Crippen LogP contribution < -0.4 is 16.4 Å². The Hall–Kier alpha value is -3.53. The summed E-state index contributed by atoms with van der Waals surface area (Å²) in [6.45, 7) is 2.05. The first kappa shape index (κ1) is 16.0. The summed E-state index contributed by atoms with van der Waals surface area (Å²) in [4.78, 5) is 12.8. The number of rotatable bonds is 3. The molecule has 0 aliphatic carbocycles. The standard InChI is InChI=1S/C22H19N3O/c1-14-7-10-17(11-8-14)24-21(15-5-3-2-4-6-15)20-18-12-9-16(23)13-19(18)25-22(20)26/h2-13,24H,23H2,1H3,(H,25,26)/b21-20-. The van der Waals surface area contributed by atoms with E-state index in [4.69, 9.17) is 5.73 Å². The number of hydrogen-bond acceptors (Lipinski definition) is 3. The number of fused-ring (bicyclic) bond motifs is 1. The van der Waals surface area contributed by atoms with Gasteiger partial charge in [-0.05, 0) is 42.8 Å². The third-order valence-corrected chi connectivity index (χ3v) is 4.42. The van der Waals surface area contributed by atoms with Crippen LogP contribution in [0.1, 0.15) is 16.7 Å². The quantitative estimate of drug-likeness (QED) is 0.485. The van der Waals surface area contributed by atoms with Crippen molar-refractivity contribution in [2.45, 2.75) is 6.92 Å². The van der Waals surface area contributed by atoms with Crippen molar-refractivity contribution in [2.75, 3.05) is 16.4 Å². The van der Waals surface area contributed by atoms with Crippen molar-refractivity contribution in [3.8, 4) is 0 Å². The first-order valence-corrected chi connectivity index (χ1v) is 8.46. The number of benzene rings is 3. The Kier molecular flexibility index (Phi) is 3.93. The van der Waals surface area contributed by atoms with Gasteiger partial charge in [0, 0.05) is 16.9 Å². The largest absolute Gasteiger partial charge is 0.399 e. The number of nitrogens with two attached hydrogens (primary N) is 1. The lowest BCUT2D eigenvalue weighted by molar-refractivity contribution is -0.110. The van der Waals surface area contributed by atoms with E-state index in [1.54, 1.807) is 6.07 Å². The maximum Gasteiger partial charge on any atom is 0.258 e. The summed E-state index contributed by atoms with van der Waals surface area (Å²) in [6, 6.07) is 23.5. The summed E-state index contributed by atoms with van der Waals surface area (Å²) >= 11 is 0. The minimum Gasteiger partial charge on any atom is -0.399 e. The number of carbonyl (C=O) groups excluding carboxylic acids is 1. The molecule has 0 bridgehead atoms. The van der Waals surface area contributed by atoms with E-state index in [1.165, 1.54) is 5.56 Å². The molecule has 4 N–H and O–H groups in total. The Labute approximate surface area is 152 Å². The van der Waals surface area contributed by atoms with Crippen LogP contribution in [0.2, 0.25) is 0 Å². The molecule has 1 heterocycles. The lowest BCUT2D eigenvalue weighted by Gasteiger charge is -2.15. The lowest BCUT2D eigenvalue weighted by Crippen LogP contribution is -2.10. The molecule has 0 saturated carbocycles. The van der Waals surface area contributed by atoms with Gasteiger partial charge in [0.25, 0.3) is 5.91 Å². The summed E-state index contributed by atoms with van der Waals surface area (Å²) in [5, 5.41) is 6.35. The van der Waals surface area contributed by atoms with Crippen LogP contribution in [0.15, 0.2) is 72.8 Å². The Morgan fingerprint density at radius 1 is 0.962 bits per heavy atom. The SMILES string of the molecule is Cc1ccc(N/C(=C2\C(=O)Nc3cc(N)ccc32)c2ccccc2)cc1. The molecule has 0 spiro atoms. The fourth-order valence-electron chi connectivity index (χ4n) is 3.10. The molecule has 1 amide bonds. The molecule has 1 aliphatic heterocycles. The molecule has 0 aromatic heterocycles. The molecule has 4 rings (SSSR count).